The first-order chi connectivity index (χ1) is 6.79. The van der Waals surface area contributed by atoms with E-state index in [9.17, 15) is 0 Å². The SMILES string of the molecule is N=C1C(=N)C2CCCC3CCCC1C32. The zero-order chi connectivity index (χ0) is 9.71. The van der Waals surface area contributed by atoms with Crippen molar-refractivity contribution in [1.29, 1.82) is 10.8 Å². The van der Waals surface area contributed by atoms with Gasteiger partial charge >= 0.3 is 0 Å². The molecular formula is C12H18N2. The molecule has 3 fully saturated rings. The van der Waals surface area contributed by atoms with E-state index in [4.69, 9.17) is 10.8 Å². The predicted octanol–water partition coefficient (Wildman–Crippen LogP) is 2.87. The van der Waals surface area contributed by atoms with Crippen LogP contribution in [0.5, 0.6) is 0 Å². The molecule has 0 saturated heterocycles. The lowest BCUT2D eigenvalue weighted by molar-refractivity contribution is 0.122. The molecule has 0 aliphatic heterocycles. The van der Waals surface area contributed by atoms with Crippen molar-refractivity contribution in [3.05, 3.63) is 0 Å². The highest BCUT2D eigenvalue weighted by molar-refractivity contribution is 6.43. The summed E-state index contributed by atoms with van der Waals surface area (Å²) in [6, 6.07) is 0. The fraction of sp³-hybridized carbons (Fsp3) is 0.833. The van der Waals surface area contributed by atoms with Gasteiger partial charge in [-0.2, -0.15) is 0 Å². The molecule has 2 atom stereocenters. The zero-order valence-electron chi connectivity index (χ0n) is 8.55. The molecule has 14 heavy (non-hydrogen) atoms. The average molecular weight is 190 g/mol. The molecule has 2 nitrogen and oxygen atoms in total. The van der Waals surface area contributed by atoms with Crippen LogP contribution in [0.25, 0.3) is 0 Å². The Labute approximate surface area is 85.1 Å². The molecule has 3 aliphatic rings. The van der Waals surface area contributed by atoms with E-state index in [2.05, 4.69) is 0 Å². The van der Waals surface area contributed by atoms with E-state index < -0.39 is 0 Å². The van der Waals surface area contributed by atoms with E-state index in [0.717, 1.165) is 5.92 Å². The van der Waals surface area contributed by atoms with Gasteiger partial charge in [-0.1, -0.05) is 25.7 Å². The summed E-state index contributed by atoms with van der Waals surface area (Å²) < 4.78 is 0. The minimum Gasteiger partial charge on any atom is -0.303 e. The molecule has 0 amide bonds. The molecule has 2 heteroatoms. The fourth-order valence-electron chi connectivity index (χ4n) is 4.12. The Morgan fingerprint density at radius 1 is 0.786 bits per heavy atom. The summed E-state index contributed by atoms with van der Waals surface area (Å²) in [5.74, 6) is 2.52. The van der Waals surface area contributed by atoms with Gasteiger partial charge in [-0.15, -0.1) is 0 Å². The lowest BCUT2D eigenvalue weighted by Crippen LogP contribution is -2.33. The Kier molecular flexibility index (Phi) is 1.80. The molecule has 0 radical (unpaired) electrons. The average Bonchev–Trinajstić information content (AvgIpc) is 2.47. The summed E-state index contributed by atoms with van der Waals surface area (Å²) in [4.78, 5) is 0. The summed E-state index contributed by atoms with van der Waals surface area (Å²) in [6.45, 7) is 0. The molecule has 0 bridgehead atoms. The van der Waals surface area contributed by atoms with E-state index in [1.54, 1.807) is 0 Å². The van der Waals surface area contributed by atoms with Crippen LogP contribution >= 0.6 is 0 Å². The largest absolute Gasteiger partial charge is 0.303 e. The number of rotatable bonds is 0. The third-order valence-corrected chi connectivity index (χ3v) is 4.69. The maximum Gasteiger partial charge on any atom is 0.0558 e. The van der Waals surface area contributed by atoms with Crippen molar-refractivity contribution in [1.82, 2.24) is 0 Å². The van der Waals surface area contributed by atoms with Gasteiger partial charge in [-0.05, 0) is 24.7 Å². The molecule has 0 aromatic rings. The van der Waals surface area contributed by atoms with Crippen LogP contribution in [-0.2, 0) is 0 Å². The van der Waals surface area contributed by atoms with Crippen molar-refractivity contribution in [3.8, 4) is 0 Å². The van der Waals surface area contributed by atoms with Crippen molar-refractivity contribution in [2.75, 3.05) is 0 Å². The molecular weight excluding hydrogens is 172 g/mol. The van der Waals surface area contributed by atoms with Crippen molar-refractivity contribution >= 4 is 11.4 Å². The first-order valence-corrected chi connectivity index (χ1v) is 5.96. The summed E-state index contributed by atoms with van der Waals surface area (Å²) in [5, 5.41) is 16.0. The van der Waals surface area contributed by atoms with Gasteiger partial charge in [0.15, 0.2) is 0 Å². The minimum atomic E-state index is 0.478. The molecule has 0 aromatic heterocycles. The van der Waals surface area contributed by atoms with Crippen LogP contribution in [0.15, 0.2) is 0 Å². The maximum absolute atomic E-state index is 8.01. The lowest BCUT2D eigenvalue weighted by atomic mass is 9.65. The van der Waals surface area contributed by atoms with Crippen LogP contribution < -0.4 is 0 Å². The van der Waals surface area contributed by atoms with Crippen LogP contribution in [0.2, 0.25) is 0 Å². The second kappa shape index (κ2) is 2.91. The van der Waals surface area contributed by atoms with Gasteiger partial charge in [0.05, 0.1) is 11.4 Å². The molecule has 3 saturated carbocycles. The van der Waals surface area contributed by atoms with E-state index >= 15 is 0 Å². The summed E-state index contributed by atoms with van der Waals surface area (Å²) in [5.41, 5.74) is 1.40. The Balaban J connectivity index is 1.98. The van der Waals surface area contributed by atoms with E-state index in [-0.39, 0.29) is 0 Å². The van der Waals surface area contributed by atoms with Gasteiger partial charge in [0.25, 0.3) is 0 Å². The minimum absolute atomic E-state index is 0.478. The third kappa shape index (κ3) is 0.971. The monoisotopic (exact) mass is 190 g/mol. The highest BCUT2D eigenvalue weighted by atomic mass is 14.7. The molecule has 3 rings (SSSR count). The Morgan fingerprint density at radius 3 is 1.79 bits per heavy atom. The third-order valence-electron chi connectivity index (χ3n) is 4.69. The number of nitrogens with one attached hydrogen (secondary N) is 2. The van der Waals surface area contributed by atoms with Crippen LogP contribution in [0.4, 0.5) is 0 Å². The first kappa shape index (κ1) is 8.63. The van der Waals surface area contributed by atoms with Gasteiger partial charge in [-0.25, -0.2) is 0 Å². The highest BCUT2D eigenvalue weighted by Gasteiger charge is 2.50. The topological polar surface area (TPSA) is 47.7 Å². The van der Waals surface area contributed by atoms with Crippen molar-refractivity contribution in [3.63, 3.8) is 0 Å². The van der Waals surface area contributed by atoms with E-state index in [0.29, 0.717) is 29.2 Å². The smallest absolute Gasteiger partial charge is 0.0558 e. The molecule has 0 spiro atoms. The predicted molar refractivity (Wildman–Crippen MR) is 57.1 cm³/mol. The molecule has 3 aliphatic carbocycles. The maximum atomic E-state index is 8.01. The molecule has 0 heterocycles. The number of hydrogen-bond acceptors (Lipinski definition) is 2. The van der Waals surface area contributed by atoms with Gasteiger partial charge in [0.2, 0.25) is 0 Å². The van der Waals surface area contributed by atoms with Crippen molar-refractivity contribution in [2.45, 2.75) is 38.5 Å². The van der Waals surface area contributed by atoms with Gasteiger partial charge in [-0.3, -0.25) is 0 Å². The molecule has 0 aromatic carbocycles. The van der Waals surface area contributed by atoms with Gasteiger partial charge in [0, 0.05) is 11.8 Å². The van der Waals surface area contributed by atoms with Crippen molar-refractivity contribution < 1.29 is 0 Å². The summed E-state index contributed by atoms with van der Waals surface area (Å²) >= 11 is 0. The molecule has 2 unspecified atom stereocenters. The van der Waals surface area contributed by atoms with E-state index in [1.165, 1.54) is 38.5 Å². The standard InChI is InChI=1S/C12H18N2/c13-11-8-5-1-3-7-4-2-6-9(10(7)8)12(11)14/h7-10,13-14H,1-6H2. The van der Waals surface area contributed by atoms with Crippen LogP contribution in [0, 0.1) is 34.5 Å². The quantitative estimate of drug-likeness (QED) is 0.590. The van der Waals surface area contributed by atoms with Gasteiger partial charge in [0.1, 0.15) is 0 Å². The normalized spacial score (nSPS) is 46.6. The van der Waals surface area contributed by atoms with Gasteiger partial charge < -0.3 is 10.8 Å². The Bertz CT molecular complexity index is 267. The second-order valence-electron chi connectivity index (χ2n) is 5.24. The lowest BCUT2D eigenvalue weighted by Gasteiger charge is -2.39. The van der Waals surface area contributed by atoms with Crippen molar-refractivity contribution in [2.24, 2.45) is 23.7 Å². The Hall–Kier alpha value is -0.660. The summed E-state index contributed by atoms with van der Waals surface area (Å²) in [6.07, 6.45) is 7.73. The first-order valence-electron chi connectivity index (χ1n) is 5.96. The number of hydrogen-bond donors (Lipinski definition) is 2. The fourth-order valence-corrected chi connectivity index (χ4v) is 4.12. The van der Waals surface area contributed by atoms with Crippen LogP contribution in [0.3, 0.4) is 0 Å². The van der Waals surface area contributed by atoms with Crippen LogP contribution in [-0.4, -0.2) is 11.4 Å². The Morgan fingerprint density at radius 2 is 1.29 bits per heavy atom. The second-order valence-corrected chi connectivity index (χ2v) is 5.24. The zero-order valence-corrected chi connectivity index (χ0v) is 8.55. The highest BCUT2D eigenvalue weighted by Crippen LogP contribution is 2.51. The molecule has 2 N–H and O–H groups in total. The van der Waals surface area contributed by atoms with Crippen LogP contribution in [0.1, 0.15) is 38.5 Å². The summed E-state index contributed by atoms with van der Waals surface area (Å²) in [7, 11) is 0. The van der Waals surface area contributed by atoms with E-state index in [1.807, 2.05) is 0 Å². The molecule has 76 valence electrons.